The van der Waals surface area contributed by atoms with E-state index in [1.165, 1.54) is 0 Å². The monoisotopic (exact) mass is 220 g/mol. The lowest BCUT2D eigenvalue weighted by Gasteiger charge is -2.40. The molecular formula is C10H20O5. The molecule has 1 rings (SSSR count). The molecule has 0 spiro atoms. The molecule has 1 saturated heterocycles. The minimum absolute atomic E-state index is 0.107. The molecule has 1 fully saturated rings. The van der Waals surface area contributed by atoms with Crippen LogP contribution in [-0.4, -0.2) is 52.1 Å². The van der Waals surface area contributed by atoms with Crippen LogP contribution in [0.1, 0.15) is 27.2 Å². The van der Waals surface area contributed by atoms with Crippen molar-refractivity contribution in [2.75, 3.05) is 0 Å². The van der Waals surface area contributed by atoms with Gasteiger partial charge in [0.05, 0.1) is 12.2 Å². The summed E-state index contributed by atoms with van der Waals surface area (Å²) in [5.74, 6) is 0. The van der Waals surface area contributed by atoms with E-state index in [-0.39, 0.29) is 6.10 Å². The van der Waals surface area contributed by atoms with E-state index < -0.39 is 30.7 Å². The minimum atomic E-state index is -1.22. The van der Waals surface area contributed by atoms with Crippen molar-refractivity contribution in [3.05, 3.63) is 0 Å². The zero-order valence-electron chi connectivity index (χ0n) is 9.33. The number of ether oxygens (including phenoxy) is 2. The van der Waals surface area contributed by atoms with Crippen LogP contribution in [0.15, 0.2) is 0 Å². The Hall–Kier alpha value is -0.200. The first kappa shape index (κ1) is 12.9. The number of aliphatic hydroxyl groups excluding tert-OH is 3. The van der Waals surface area contributed by atoms with Gasteiger partial charge in [0, 0.05) is 0 Å². The van der Waals surface area contributed by atoms with Gasteiger partial charge in [-0.2, -0.15) is 0 Å². The van der Waals surface area contributed by atoms with E-state index in [1.54, 1.807) is 0 Å². The fourth-order valence-corrected chi connectivity index (χ4v) is 1.63. The molecule has 1 aliphatic heterocycles. The van der Waals surface area contributed by atoms with Crippen molar-refractivity contribution in [1.82, 2.24) is 0 Å². The maximum Gasteiger partial charge on any atom is 0.186 e. The number of aliphatic hydroxyl groups is 3. The highest BCUT2D eigenvalue weighted by molar-refractivity contribution is 4.88. The fraction of sp³-hybridized carbons (Fsp3) is 1.00. The van der Waals surface area contributed by atoms with Crippen LogP contribution in [-0.2, 0) is 9.47 Å². The molecule has 15 heavy (non-hydrogen) atoms. The molecule has 0 aromatic heterocycles. The summed E-state index contributed by atoms with van der Waals surface area (Å²) >= 11 is 0. The second-order valence-corrected chi connectivity index (χ2v) is 4.11. The Balaban J connectivity index is 2.65. The Morgan fingerprint density at radius 3 is 2.20 bits per heavy atom. The molecule has 0 amide bonds. The number of rotatable bonds is 3. The van der Waals surface area contributed by atoms with Crippen molar-refractivity contribution in [2.24, 2.45) is 0 Å². The molecule has 0 aliphatic carbocycles. The van der Waals surface area contributed by atoms with Gasteiger partial charge in [0.1, 0.15) is 18.3 Å². The summed E-state index contributed by atoms with van der Waals surface area (Å²) < 4.78 is 10.7. The van der Waals surface area contributed by atoms with E-state index in [0.717, 1.165) is 0 Å². The van der Waals surface area contributed by atoms with E-state index in [2.05, 4.69) is 0 Å². The van der Waals surface area contributed by atoms with E-state index in [1.807, 2.05) is 20.8 Å². The Morgan fingerprint density at radius 1 is 1.13 bits per heavy atom. The summed E-state index contributed by atoms with van der Waals surface area (Å²) in [6.45, 7) is 5.47. The fourth-order valence-electron chi connectivity index (χ4n) is 1.63. The summed E-state index contributed by atoms with van der Waals surface area (Å²) in [4.78, 5) is 0. The normalized spacial score (nSPS) is 42.2. The van der Waals surface area contributed by atoms with E-state index in [4.69, 9.17) is 9.47 Å². The maximum atomic E-state index is 9.61. The van der Waals surface area contributed by atoms with Crippen LogP contribution >= 0.6 is 0 Å². The van der Waals surface area contributed by atoms with Crippen LogP contribution < -0.4 is 0 Å². The van der Waals surface area contributed by atoms with E-state index >= 15 is 0 Å². The van der Waals surface area contributed by atoms with Crippen molar-refractivity contribution < 1.29 is 24.8 Å². The van der Waals surface area contributed by atoms with Crippen LogP contribution in [0.2, 0.25) is 0 Å². The molecule has 0 bridgehead atoms. The Labute approximate surface area is 89.6 Å². The molecule has 1 heterocycles. The highest BCUT2D eigenvalue weighted by Crippen LogP contribution is 2.24. The van der Waals surface area contributed by atoms with Crippen molar-refractivity contribution >= 4 is 0 Å². The highest BCUT2D eigenvalue weighted by atomic mass is 16.7. The lowest BCUT2D eigenvalue weighted by atomic mass is 9.97. The molecule has 1 aliphatic rings. The smallest absolute Gasteiger partial charge is 0.186 e. The summed E-state index contributed by atoms with van der Waals surface area (Å²) in [5, 5.41) is 28.8. The topological polar surface area (TPSA) is 79.2 Å². The average molecular weight is 220 g/mol. The van der Waals surface area contributed by atoms with Gasteiger partial charge in [-0.1, -0.05) is 6.92 Å². The minimum Gasteiger partial charge on any atom is -0.388 e. The summed E-state index contributed by atoms with van der Waals surface area (Å²) in [6.07, 6.45) is -4.39. The van der Waals surface area contributed by atoms with Gasteiger partial charge in [-0.05, 0) is 20.3 Å². The third-order valence-corrected chi connectivity index (χ3v) is 2.48. The molecule has 2 unspecified atom stereocenters. The van der Waals surface area contributed by atoms with Gasteiger partial charge >= 0.3 is 0 Å². The van der Waals surface area contributed by atoms with Crippen LogP contribution in [0.3, 0.4) is 0 Å². The first-order chi connectivity index (χ1) is 6.97. The van der Waals surface area contributed by atoms with Gasteiger partial charge in [-0.25, -0.2) is 0 Å². The molecule has 5 nitrogen and oxygen atoms in total. The predicted molar refractivity (Wildman–Crippen MR) is 53.2 cm³/mol. The van der Waals surface area contributed by atoms with Crippen LogP contribution in [0.5, 0.6) is 0 Å². The Morgan fingerprint density at radius 2 is 1.73 bits per heavy atom. The largest absolute Gasteiger partial charge is 0.388 e. The summed E-state index contributed by atoms with van der Waals surface area (Å²) in [5.41, 5.74) is 0. The average Bonchev–Trinajstić information content (AvgIpc) is 2.18. The van der Waals surface area contributed by atoms with Crippen molar-refractivity contribution in [2.45, 2.75) is 64.0 Å². The third kappa shape index (κ3) is 2.89. The predicted octanol–water partition coefficient (Wildman–Crippen LogP) is -0.371. The van der Waals surface area contributed by atoms with Crippen LogP contribution in [0, 0.1) is 0 Å². The Bertz CT molecular complexity index is 194. The molecule has 0 aromatic carbocycles. The molecule has 3 N–H and O–H groups in total. The molecular weight excluding hydrogens is 200 g/mol. The standard InChI is InChI=1S/C10H20O5/c1-4-6-7(11)8(12)9(13)10(15-6)14-5(2)3/h5-13H,4H2,1-3H3/t6?,7-,8?,9+,10+/m0/s1. The zero-order valence-corrected chi connectivity index (χ0v) is 9.33. The SMILES string of the molecule is CCC1O[C@@H](OC(C)C)[C@H](O)C(O)[C@H]1O. The molecule has 0 radical (unpaired) electrons. The van der Waals surface area contributed by atoms with Crippen LogP contribution in [0.4, 0.5) is 0 Å². The van der Waals surface area contributed by atoms with E-state index in [0.29, 0.717) is 6.42 Å². The van der Waals surface area contributed by atoms with Gasteiger partial charge in [0.15, 0.2) is 6.29 Å². The molecule has 90 valence electrons. The Kier molecular flexibility index (Phi) is 4.48. The van der Waals surface area contributed by atoms with Crippen LogP contribution in [0.25, 0.3) is 0 Å². The zero-order chi connectivity index (χ0) is 11.6. The number of hydrogen-bond donors (Lipinski definition) is 3. The quantitative estimate of drug-likeness (QED) is 0.604. The van der Waals surface area contributed by atoms with Crippen molar-refractivity contribution in [3.63, 3.8) is 0 Å². The first-order valence-electron chi connectivity index (χ1n) is 5.32. The van der Waals surface area contributed by atoms with Crippen molar-refractivity contribution in [1.29, 1.82) is 0 Å². The molecule has 5 heteroatoms. The van der Waals surface area contributed by atoms with Gasteiger partial charge in [-0.3, -0.25) is 0 Å². The van der Waals surface area contributed by atoms with Gasteiger partial charge in [0.25, 0.3) is 0 Å². The van der Waals surface area contributed by atoms with Gasteiger partial charge in [0.2, 0.25) is 0 Å². The lowest BCUT2D eigenvalue weighted by molar-refractivity contribution is -0.304. The highest BCUT2D eigenvalue weighted by Gasteiger charge is 2.43. The third-order valence-electron chi connectivity index (χ3n) is 2.48. The maximum absolute atomic E-state index is 9.61. The lowest BCUT2D eigenvalue weighted by Crippen LogP contribution is -2.58. The second-order valence-electron chi connectivity index (χ2n) is 4.11. The summed E-state index contributed by atoms with van der Waals surface area (Å²) in [6, 6.07) is 0. The van der Waals surface area contributed by atoms with Gasteiger partial charge in [-0.15, -0.1) is 0 Å². The van der Waals surface area contributed by atoms with E-state index in [9.17, 15) is 15.3 Å². The molecule has 5 atom stereocenters. The second kappa shape index (κ2) is 5.23. The first-order valence-corrected chi connectivity index (χ1v) is 5.32. The van der Waals surface area contributed by atoms with Crippen molar-refractivity contribution in [3.8, 4) is 0 Å². The summed E-state index contributed by atoms with van der Waals surface area (Å²) in [7, 11) is 0. The van der Waals surface area contributed by atoms with Gasteiger partial charge < -0.3 is 24.8 Å². The molecule has 0 aromatic rings. The number of hydrogen-bond acceptors (Lipinski definition) is 5. The molecule has 0 saturated carbocycles.